The molecular formula is C19H22N2OS. The highest BCUT2D eigenvalue weighted by molar-refractivity contribution is 7.99. The zero-order valence-corrected chi connectivity index (χ0v) is 14.4. The average Bonchev–Trinajstić information content (AvgIpc) is 3.03. The summed E-state index contributed by atoms with van der Waals surface area (Å²) in [7, 11) is 0. The van der Waals surface area contributed by atoms with E-state index in [0.29, 0.717) is 6.54 Å². The molecule has 2 amide bonds. The van der Waals surface area contributed by atoms with E-state index < -0.39 is 0 Å². The molecule has 4 heteroatoms. The lowest BCUT2D eigenvalue weighted by Crippen LogP contribution is -2.39. The largest absolute Gasteiger partial charge is 0.334 e. The van der Waals surface area contributed by atoms with E-state index >= 15 is 0 Å². The van der Waals surface area contributed by atoms with Gasteiger partial charge in [0.25, 0.3) is 0 Å². The maximum Gasteiger partial charge on any atom is 0.318 e. The van der Waals surface area contributed by atoms with Gasteiger partial charge >= 0.3 is 6.03 Å². The minimum Gasteiger partial charge on any atom is -0.334 e. The van der Waals surface area contributed by atoms with Crippen molar-refractivity contribution < 1.29 is 4.79 Å². The fourth-order valence-corrected chi connectivity index (χ4v) is 4.26. The molecule has 3 nitrogen and oxygen atoms in total. The van der Waals surface area contributed by atoms with Crippen LogP contribution in [-0.2, 0) is 6.54 Å². The number of amides is 2. The highest BCUT2D eigenvalue weighted by Gasteiger charge is 2.31. The summed E-state index contributed by atoms with van der Waals surface area (Å²) >= 11 is 1.84. The summed E-state index contributed by atoms with van der Waals surface area (Å²) in [5.41, 5.74) is 4.88. The van der Waals surface area contributed by atoms with Gasteiger partial charge in [-0.2, -0.15) is 0 Å². The molecule has 0 saturated carbocycles. The average molecular weight is 326 g/mol. The van der Waals surface area contributed by atoms with Gasteiger partial charge in [-0.05, 0) is 30.5 Å². The zero-order chi connectivity index (χ0) is 16.2. The summed E-state index contributed by atoms with van der Waals surface area (Å²) in [5.74, 6) is 0.983. The van der Waals surface area contributed by atoms with Crippen LogP contribution in [0.25, 0.3) is 0 Å². The van der Waals surface area contributed by atoms with E-state index in [1.54, 1.807) is 0 Å². The molecule has 1 atom stereocenters. The van der Waals surface area contributed by atoms with Gasteiger partial charge in [-0.25, -0.2) is 4.79 Å². The highest BCUT2D eigenvalue weighted by atomic mass is 32.2. The standard InChI is InChI=1S/C19H22N2OS/c1-14-8-9-17(15(2)12-14)18-21(10-11-23-18)19(22)20-13-16-6-4-3-5-7-16/h3-9,12,18H,10-11,13H2,1-2H3,(H,20,22)/t18-/m0/s1. The molecule has 1 saturated heterocycles. The Morgan fingerprint density at radius 2 is 2.00 bits per heavy atom. The van der Waals surface area contributed by atoms with E-state index in [1.807, 2.05) is 47.0 Å². The first-order valence-corrected chi connectivity index (χ1v) is 8.97. The third kappa shape index (κ3) is 3.70. The maximum atomic E-state index is 12.6. The molecule has 1 fully saturated rings. The Labute approximate surface area is 142 Å². The summed E-state index contributed by atoms with van der Waals surface area (Å²) < 4.78 is 0. The number of urea groups is 1. The Kier molecular flexibility index (Phi) is 4.91. The Bertz CT molecular complexity index is 687. The maximum absolute atomic E-state index is 12.6. The Balaban J connectivity index is 1.69. The Morgan fingerprint density at radius 1 is 1.22 bits per heavy atom. The van der Waals surface area contributed by atoms with Gasteiger partial charge in [0.05, 0.1) is 0 Å². The summed E-state index contributed by atoms with van der Waals surface area (Å²) in [6.45, 7) is 5.59. The van der Waals surface area contributed by atoms with Crippen molar-refractivity contribution >= 4 is 17.8 Å². The number of carbonyl (C=O) groups excluding carboxylic acids is 1. The number of nitrogens with one attached hydrogen (secondary N) is 1. The molecule has 2 aromatic rings. The van der Waals surface area contributed by atoms with Crippen LogP contribution in [-0.4, -0.2) is 23.2 Å². The van der Waals surface area contributed by atoms with E-state index in [2.05, 4.69) is 37.4 Å². The molecule has 1 heterocycles. The topological polar surface area (TPSA) is 32.3 Å². The van der Waals surface area contributed by atoms with Gasteiger partial charge in [0.15, 0.2) is 0 Å². The van der Waals surface area contributed by atoms with Crippen molar-refractivity contribution in [3.05, 3.63) is 70.8 Å². The molecule has 1 aliphatic rings. The smallest absolute Gasteiger partial charge is 0.318 e. The molecule has 120 valence electrons. The van der Waals surface area contributed by atoms with E-state index in [9.17, 15) is 4.79 Å². The first-order valence-electron chi connectivity index (χ1n) is 7.92. The van der Waals surface area contributed by atoms with Crippen molar-refractivity contribution in [1.82, 2.24) is 10.2 Å². The number of nitrogens with zero attached hydrogens (tertiary/aromatic N) is 1. The van der Waals surface area contributed by atoms with Crippen LogP contribution in [0.4, 0.5) is 4.79 Å². The lowest BCUT2D eigenvalue weighted by atomic mass is 10.1. The normalized spacial score (nSPS) is 17.3. The van der Waals surface area contributed by atoms with Crippen LogP contribution >= 0.6 is 11.8 Å². The second kappa shape index (κ2) is 7.09. The number of hydrogen-bond acceptors (Lipinski definition) is 2. The molecule has 3 rings (SSSR count). The minimum atomic E-state index is 0.0174. The lowest BCUT2D eigenvalue weighted by molar-refractivity contribution is 0.199. The van der Waals surface area contributed by atoms with Gasteiger partial charge in [0, 0.05) is 18.8 Å². The third-order valence-electron chi connectivity index (χ3n) is 4.13. The molecule has 0 unspecified atom stereocenters. The first-order chi connectivity index (χ1) is 11.1. The second-order valence-corrected chi connectivity index (χ2v) is 7.11. The molecule has 0 bridgehead atoms. The number of hydrogen-bond donors (Lipinski definition) is 1. The molecule has 0 aromatic heterocycles. The summed E-state index contributed by atoms with van der Waals surface area (Å²) in [5, 5.41) is 3.16. The van der Waals surface area contributed by atoms with E-state index in [-0.39, 0.29) is 11.4 Å². The molecule has 1 N–H and O–H groups in total. The van der Waals surface area contributed by atoms with Crippen molar-refractivity contribution in [1.29, 1.82) is 0 Å². The van der Waals surface area contributed by atoms with Gasteiger partial charge in [0.2, 0.25) is 0 Å². The van der Waals surface area contributed by atoms with Crippen LogP contribution in [0.1, 0.15) is 27.6 Å². The number of carbonyl (C=O) groups is 1. The molecule has 2 aromatic carbocycles. The van der Waals surface area contributed by atoms with E-state index in [1.165, 1.54) is 16.7 Å². The Hall–Kier alpha value is -1.94. The van der Waals surface area contributed by atoms with Crippen molar-refractivity contribution in [2.24, 2.45) is 0 Å². The summed E-state index contributed by atoms with van der Waals surface area (Å²) in [4.78, 5) is 14.5. The summed E-state index contributed by atoms with van der Waals surface area (Å²) in [6.07, 6.45) is 0. The quantitative estimate of drug-likeness (QED) is 0.914. The van der Waals surface area contributed by atoms with Crippen LogP contribution < -0.4 is 5.32 Å². The predicted octanol–water partition coefficient (Wildman–Crippen LogP) is 4.26. The fourth-order valence-electron chi connectivity index (χ4n) is 2.91. The number of rotatable bonds is 3. The van der Waals surface area contributed by atoms with Crippen LogP contribution in [0.15, 0.2) is 48.5 Å². The second-order valence-electron chi connectivity index (χ2n) is 5.92. The van der Waals surface area contributed by atoms with Gasteiger partial charge in [-0.3, -0.25) is 0 Å². The minimum absolute atomic E-state index is 0.0174. The van der Waals surface area contributed by atoms with Crippen molar-refractivity contribution in [2.45, 2.75) is 25.8 Å². The highest BCUT2D eigenvalue weighted by Crippen LogP contribution is 2.39. The van der Waals surface area contributed by atoms with Crippen molar-refractivity contribution in [3.8, 4) is 0 Å². The molecular weight excluding hydrogens is 304 g/mol. The van der Waals surface area contributed by atoms with Crippen LogP contribution in [0.2, 0.25) is 0 Å². The van der Waals surface area contributed by atoms with Crippen LogP contribution in [0.5, 0.6) is 0 Å². The van der Waals surface area contributed by atoms with Gasteiger partial charge < -0.3 is 10.2 Å². The molecule has 1 aliphatic heterocycles. The SMILES string of the molecule is Cc1ccc([C@@H]2SCCN2C(=O)NCc2ccccc2)c(C)c1. The molecule has 0 spiro atoms. The molecule has 0 aliphatic carbocycles. The monoisotopic (exact) mass is 326 g/mol. The van der Waals surface area contributed by atoms with Crippen LogP contribution in [0, 0.1) is 13.8 Å². The predicted molar refractivity (Wildman–Crippen MR) is 96.5 cm³/mol. The third-order valence-corrected chi connectivity index (χ3v) is 5.37. The van der Waals surface area contributed by atoms with Crippen LogP contribution in [0.3, 0.4) is 0 Å². The fraction of sp³-hybridized carbons (Fsp3) is 0.316. The van der Waals surface area contributed by atoms with Gasteiger partial charge in [0.1, 0.15) is 5.37 Å². The number of benzene rings is 2. The number of thioether (sulfide) groups is 1. The van der Waals surface area contributed by atoms with Crippen molar-refractivity contribution in [2.75, 3.05) is 12.3 Å². The Morgan fingerprint density at radius 3 is 2.74 bits per heavy atom. The van der Waals surface area contributed by atoms with Crippen molar-refractivity contribution in [3.63, 3.8) is 0 Å². The molecule has 0 radical (unpaired) electrons. The van der Waals surface area contributed by atoms with E-state index in [0.717, 1.165) is 17.9 Å². The molecule has 23 heavy (non-hydrogen) atoms. The van der Waals surface area contributed by atoms with Gasteiger partial charge in [-0.1, -0.05) is 54.1 Å². The number of aryl methyl sites for hydroxylation is 2. The lowest BCUT2D eigenvalue weighted by Gasteiger charge is -2.25. The first kappa shape index (κ1) is 15.9. The zero-order valence-electron chi connectivity index (χ0n) is 13.6. The van der Waals surface area contributed by atoms with E-state index in [4.69, 9.17) is 0 Å². The van der Waals surface area contributed by atoms with Gasteiger partial charge in [-0.15, -0.1) is 11.8 Å². The summed E-state index contributed by atoms with van der Waals surface area (Å²) in [6, 6.07) is 16.5.